The molecule has 0 amide bonds. The maximum absolute atomic E-state index is 11.7. The predicted molar refractivity (Wildman–Crippen MR) is 90.7 cm³/mol. The first-order valence-corrected chi connectivity index (χ1v) is 10.8. The van der Waals surface area contributed by atoms with Crippen LogP contribution in [0.25, 0.3) is 0 Å². The fraction of sp³-hybridized carbons (Fsp3) is 0.824. The van der Waals surface area contributed by atoms with E-state index in [-0.39, 0.29) is 11.1 Å². The van der Waals surface area contributed by atoms with Gasteiger partial charge in [0.2, 0.25) is 0 Å². The second-order valence-corrected chi connectivity index (χ2v) is 12.1. The molecule has 0 N–H and O–H groups in total. The summed E-state index contributed by atoms with van der Waals surface area (Å²) in [6.45, 7) is 17.2. The van der Waals surface area contributed by atoms with Crippen molar-refractivity contribution in [3.63, 3.8) is 0 Å². The molecule has 0 rings (SSSR count). The predicted octanol–water partition coefficient (Wildman–Crippen LogP) is 5.49. The fourth-order valence-electron chi connectivity index (χ4n) is 1.89. The van der Waals surface area contributed by atoms with Crippen LogP contribution in [0, 0.1) is 0 Å². The molecule has 0 aromatic carbocycles. The zero-order valence-corrected chi connectivity index (χ0v) is 15.4. The van der Waals surface area contributed by atoms with E-state index >= 15 is 0 Å². The third-order valence-electron chi connectivity index (χ3n) is 4.23. The molecular weight excluding hydrogens is 264 g/mol. The quantitative estimate of drug-likeness (QED) is 0.303. The van der Waals surface area contributed by atoms with E-state index in [1.165, 1.54) is 0 Å². The smallest absolute Gasteiger partial charge is 0.192 e. The molecule has 0 heterocycles. The Bertz CT molecular complexity index is 303. The van der Waals surface area contributed by atoms with Crippen LogP contribution < -0.4 is 0 Å². The molecule has 1 atom stereocenters. The summed E-state index contributed by atoms with van der Waals surface area (Å²) in [5.74, 6) is 0.381. The van der Waals surface area contributed by atoms with Gasteiger partial charge in [0, 0.05) is 18.9 Å². The maximum Gasteiger partial charge on any atom is 0.192 e. The Labute approximate surface area is 127 Å². The number of rotatable bonds is 10. The van der Waals surface area contributed by atoms with Gasteiger partial charge in [-0.2, -0.15) is 0 Å². The van der Waals surface area contributed by atoms with E-state index in [1.807, 2.05) is 6.08 Å². The van der Waals surface area contributed by atoms with E-state index in [4.69, 9.17) is 4.43 Å². The van der Waals surface area contributed by atoms with Crippen molar-refractivity contribution in [2.45, 2.75) is 90.5 Å². The highest BCUT2D eigenvalue weighted by Gasteiger charge is 2.38. The van der Waals surface area contributed by atoms with Crippen LogP contribution >= 0.6 is 0 Å². The minimum atomic E-state index is -1.67. The van der Waals surface area contributed by atoms with E-state index in [2.05, 4.69) is 47.4 Å². The Morgan fingerprint density at radius 2 is 1.80 bits per heavy atom. The molecule has 0 radical (unpaired) electrons. The van der Waals surface area contributed by atoms with Crippen LogP contribution in [0.3, 0.4) is 0 Å². The van der Waals surface area contributed by atoms with Crippen LogP contribution in [0.1, 0.15) is 66.2 Å². The van der Waals surface area contributed by atoms with Gasteiger partial charge < -0.3 is 4.43 Å². The molecule has 118 valence electrons. The molecule has 0 saturated carbocycles. The van der Waals surface area contributed by atoms with E-state index < -0.39 is 8.32 Å². The first-order valence-electron chi connectivity index (χ1n) is 7.90. The van der Waals surface area contributed by atoms with Gasteiger partial charge in [-0.05, 0) is 50.7 Å². The topological polar surface area (TPSA) is 26.3 Å². The minimum absolute atomic E-state index is 0.252. The zero-order valence-electron chi connectivity index (χ0n) is 14.4. The molecule has 0 aliphatic heterocycles. The van der Waals surface area contributed by atoms with Gasteiger partial charge in [0.05, 0.1) is 0 Å². The number of Topliss-reactive ketones (excluding diaryl/α,β-unsaturated/α-hetero) is 1. The fourth-order valence-corrected chi connectivity index (χ4v) is 3.37. The second-order valence-electron chi connectivity index (χ2n) is 7.30. The van der Waals surface area contributed by atoms with Crippen molar-refractivity contribution in [1.29, 1.82) is 0 Å². The van der Waals surface area contributed by atoms with E-state index in [9.17, 15) is 4.79 Å². The highest BCUT2D eigenvalue weighted by Crippen LogP contribution is 2.37. The van der Waals surface area contributed by atoms with Crippen molar-refractivity contribution in [3.8, 4) is 0 Å². The van der Waals surface area contributed by atoms with Gasteiger partial charge in [-0.25, -0.2) is 0 Å². The summed E-state index contributed by atoms with van der Waals surface area (Å²) < 4.78 is 6.30. The number of carbonyl (C=O) groups excluding carboxylic acids is 1. The highest BCUT2D eigenvalue weighted by atomic mass is 28.4. The van der Waals surface area contributed by atoms with Gasteiger partial charge in [0.15, 0.2) is 8.32 Å². The summed E-state index contributed by atoms with van der Waals surface area (Å²) >= 11 is 0. The lowest BCUT2D eigenvalue weighted by Gasteiger charge is -2.38. The van der Waals surface area contributed by atoms with E-state index in [0.29, 0.717) is 18.6 Å². The Hall–Kier alpha value is -0.413. The highest BCUT2D eigenvalue weighted by molar-refractivity contribution is 6.74. The van der Waals surface area contributed by atoms with Gasteiger partial charge in [-0.3, -0.25) is 4.79 Å². The molecule has 0 bridgehead atoms. The van der Waals surface area contributed by atoms with Crippen LogP contribution in [0.15, 0.2) is 12.7 Å². The normalized spacial score (nSPS) is 14.1. The van der Waals surface area contributed by atoms with Crippen molar-refractivity contribution in [2.24, 2.45) is 0 Å². The molecule has 20 heavy (non-hydrogen) atoms. The lowest BCUT2D eigenvalue weighted by molar-refractivity contribution is -0.119. The first-order chi connectivity index (χ1) is 9.10. The number of ketones is 1. The number of carbonyl (C=O) groups is 1. The lowest BCUT2D eigenvalue weighted by Crippen LogP contribution is -2.43. The zero-order chi connectivity index (χ0) is 15.8. The van der Waals surface area contributed by atoms with Crippen LogP contribution in [0.5, 0.6) is 0 Å². The second kappa shape index (κ2) is 8.78. The molecule has 2 nitrogen and oxygen atoms in total. The Morgan fingerprint density at radius 1 is 1.25 bits per heavy atom. The number of unbranched alkanes of at least 4 members (excludes halogenated alkanes) is 1. The maximum atomic E-state index is 11.7. The summed E-state index contributed by atoms with van der Waals surface area (Å²) in [4.78, 5) is 11.7. The van der Waals surface area contributed by atoms with Crippen LogP contribution in [-0.4, -0.2) is 20.2 Å². The summed E-state index contributed by atoms with van der Waals surface area (Å²) in [7, 11) is -1.67. The first kappa shape index (κ1) is 19.6. The number of allylic oxidation sites excluding steroid dienone is 1. The molecule has 3 heteroatoms. The molecule has 0 aliphatic rings. The van der Waals surface area contributed by atoms with Crippen molar-refractivity contribution >= 4 is 14.1 Å². The van der Waals surface area contributed by atoms with Crippen LogP contribution in [0.2, 0.25) is 18.1 Å². The molecule has 0 aromatic heterocycles. The largest absolute Gasteiger partial charge is 0.414 e. The molecule has 0 fully saturated rings. The summed E-state index contributed by atoms with van der Waals surface area (Å²) in [5, 5.41) is 0.252. The molecule has 0 aliphatic carbocycles. The minimum Gasteiger partial charge on any atom is -0.414 e. The van der Waals surface area contributed by atoms with Gasteiger partial charge in [0.1, 0.15) is 5.78 Å². The SMILES string of the molecule is C=CCCCC(=O)CCCC(C)O[Si](C)(C)C(C)(C)C. The Balaban J connectivity index is 3.92. The van der Waals surface area contributed by atoms with Crippen molar-refractivity contribution in [2.75, 3.05) is 0 Å². The van der Waals surface area contributed by atoms with Gasteiger partial charge in [-0.15, -0.1) is 6.58 Å². The van der Waals surface area contributed by atoms with Crippen LogP contribution in [0.4, 0.5) is 0 Å². The third kappa shape index (κ3) is 8.00. The molecule has 1 unspecified atom stereocenters. The molecule has 0 saturated heterocycles. The van der Waals surface area contributed by atoms with Crippen molar-refractivity contribution < 1.29 is 9.22 Å². The number of hydrogen-bond acceptors (Lipinski definition) is 2. The Morgan fingerprint density at radius 3 is 2.30 bits per heavy atom. The standard InChI is InChI=1S/C17H34O2Si/c1-8-9-10-13-16(18)14-11-12-15(2)19-20(6,7)17(3,4)5/h8,15H,1,9-14H2,2-7H3. The average molecular weight is 299 g/mol. The third-order valence-corrected chi connectivity index (χ3v) is 8.84. The van der Waals surface area contributed by atoms with Crippen LogP contribution in [-0.2, 0) is 9.22 Å². The monoisotopic (exact) mass is 298 g/mol. The molecule has 0 aromatic rings. The lowest BCUT2D eigenvalue weighted by atomic mass is 10.1. The summed E-state index contributed by atoms with van der Waals surface area (Å²) in [5.41, 5.74) is 0. The van der Waals surface area contributed by atoms with E-state index in [1.54, 1.807) is 0 Å². The molecular formula is C17H34O2Si. The number of hydrogen-bond donors (Lipinski definition) is 0. The summed E-state index contributed by atoms with van der Waals surface area (Å²) in [6, 6.07) is 0. The van der Waals surface area contributed by atoms with Gasteiger partial charge in [0.25, 0.3) is 0 Å². The Kier molecular flexibility index (Phi) is 8.60. The molecule has 0 spiro atoms. The van der Waals surface area contributed by atoms with Gasteiger partial charge >= 0.3 is 0 Å². The van der Waals surface area contributed by atoms with Crippen molar-refractivity contribution in [1.82, 2.24) is 0 Å². The van der Waals surface area contributed by atoms with E-state index in [0.717, 1.165) is 25.7 Å². The van der Waals surface area contributed by atoms with Gasteiger partial charge in [-0.1, -0.05) is 26.8 Å². The van der Waals surface area contributed by atoms with Crippen molar-refractivity contribution in [3.05, 3.63) is 12.7 Å². The summed E-state index contributed by atoms with van der Waals surface area (Å²) in [6.07, 6.45) is 7.35. The average Bonchev–Trinajstić information content (AvgIpc) is 2.27.